The summed E-state index contributed by atoms with van der Waals surface area (Å²) in [5.41, 5.74) is 0.733. The second-order valence-electron chi connectivity index (χ2n) is 5.62. The van der Waals surface area contributed by atoms with Crippen molar-refractivity contribution in [3.05, 3.63) is 70.8 Å². The number of nitriles is 1. The van der Waals surface area contributed by atoms with Crippen molar-refractivity contribution >= 4 is 23.5 Å². The summed E-state index contributed by atoms with van der Waals surface area (Å²) in [6.45, 7) is 1.85. The molecule has 0 atom stereocenters. The summed E-state index contributed by atoms with van der Waals surface area (Å²) in [4.78, 5) is 37.4. The minimum atomic E-state index is -1.09. The predicted molar refractivity (Wildman–Crippen MR) is 98.9 cm³/mol. The van der Waals surface area contributed by atoms with Gasteiger partial charge in [-0.2, -0.15) is 5.26 Å². The molecule has 0 N–H and O–H groups in total. The summed E-state index contributed by atoms with van der Waals surface area (Å²) in [5.74, 6) is -2.92. The maximum atomic E-state index is 12.7. The lowest BCUT2D eigenvalue weighted by Crippen LogP contribution is -2.24. The first-order valence-corrected chi connectivity index (χ1v) is 8.11. The molecule has 28 heavy (non-hydrogen) atoms. The summed E-state index contributed by atoms with van der Waals surface area (Å²) in [6.07, 6.45) is 0. The number of benzene rings is 2. The normalized spacial score (nSPS) is 10.9. The molecule has 0 saturated carbocycles. The van der Waals surface area contributed by atoms with Gasteiger partial charge in [0.15, 0.2) is 5.57 Å². The molecular weight excluding hydrogens is 362 g/mol. The lowest BCUT2D eigenvalue weighted by atomic mass is 9.98. The third kappa shape index (κ3) is 4.62. The molecular formula is C21H17NO6. The Morgan fingerprint density at radius 3 is 1.89 bits per heavy atom. The fourth-order valence-electron chi connectivity index (χ4n) is 2.33. The smallest absolute Gasteiger partial charge is 0.351 e. The minimum absolute atomic E-state index is 0.0959. The van der Waals surface area contributed by atoms with Gasteiger partial charge in [-0.1, -0.05) is 29.8 Å². The zero-order valence-electron chi connectivity index (χ0n) is 15.5. The van der Waals surface area contributed by atoms with Crippen molar-refractivity contribution < 1.29 is 28.6 Å². The van der Waals surface area contributed by atoms with Crippen LogP contribution in [0, 0.1) is 18.3 Å². The van der Waals surface area contributed by atoms with Crippen LogP contribution in [0.5, 0.6) is 5.75 Å². The first-order chi connectivity index (χ1) is 13.4. The van der Waals surface area contributed by atoms with Crippen molar-refractivity contribution in [1.82, 2.24) is 0 Å². The maximum Gasteiger partial charge on any atom is 0.351 e. The number of carbonyl (C=O) groups excluding carboxylic acids is 3. The summed E-state index contributed by atoms with van der Waals surface area (Å²) >= 11 is 0. The van der Waals surface area contributed by atoms with Gasteiger partial charge >= 0.3 is 17.9 Å². The van der Waals surface area contributed by atoms with Crippen LogP contribution in [0.3, 0.4) is 0 Å². The van der Waals surface area contributed by atoms with E-state index in [4.69, 9.17) is 14.7 Å². The number of rotatable bonds is 5. The van der Waals surface area contributed by atoms with Crippen molar-refractivity contribution in [2.24, 2.45) is 0 Å². The lowest BCUT2D eigenvalue weighted by Gasteiger charge is -2.12. The van der Waals surface area contributed by atoms with E-state index in [0.29, 0.717) is 11.1 Å². The second kappa shape index (κ2) is 9.14. The molecule has 0 radical (unpaired) electrons. The Morgan fingerprint density at radius 1 is 0.821 bits per heavy atom. The summed E-state index contributed by atoms with van der Waals surface area (Å²) in [5, 5.41) is 8.83. The van der Waals surface area contributed by atoms with E-state index < -0.39 is 23.5 Å². The van der Waals surface area contributed by atoms with Crippen molar-refractivity contribution in [3.8, 4) is 11.8 Å². The Morgan fingerprint density at radius 2 is 1.39 bits per heavy atom. The maximum absolute atomic E-state index is 12.7. The Balaban J connectivity index is 2.56. The molecule has 0 saturated heterocycles. The van der Waals surface area contributed by atoms with Crippen molar-refractivity contribution in [2.75, 3.05) is 14.2 Å². The summed E-state index contributed by atoms with van der Waals surface area (Å²) < 4.78 is 14.6. The zero-order chi connectivity index (χ0) is 20.7. The van der Waals surface area contributed by atoms with Gasteiger partial charge in [0.05, 0.1) is 31.4 Å². The Kier molecular flexibility index (Phi) is 6.66. The quantitative estimate of drug-likeness (QED) is 0.259. The van der Waals surface area contributed by atoms with Crippen molar-refractivity contribution in [3.63, 3.8) is 0 Å². The first-order valence-electron chi connectivity index (χ1n) is 8.11. The van der Waals surface area contributed by atoms with Crippen LogP contribution >= 0.6 is 0 Å². The number of ether oxygens (including phenoxy) is 3. The number of aryl methyl sites for hydroxylation is 1. The molecule has 0 aromatic heterocycles. The van der Waals surface area contributed by atoms with Gasteiger partial charge in [0.25, 0.3) is 0 Å². The molecule has 7 nitrogen and oxygen atoms in total. The third-order valence-corrected chi connectivity index (χ3v) is 3.77. The molecule has 0 aliphatic carbocycles. The van der Waals surface area contributed by atoms with E-state index >= 15 is 0 Å². The van der Waals surface area contributed by atoms with Gasteiger partial charge in [0.1, 0.15) is 5.75 Å². The van der Waals surface area contributed by atoms with Gasteiger partial charge in [-0.15, -0.1) is 0 Å². The van der Waals surface area contributed by atoms with E-state index in [9.17, 15) is 14.4 Å². The first kappa shape index (κ1) is 20.4. The molecule has 0 amide bonds. The van der Waals surface area contributed by atoms with Crippen molar-refractivity contribution in [1.29, 1.82) is 5.26 Å². The van der Waals surface area contributed by atoms with Crippen LogP contribution in [0.1, 0.15) is 16.7 Å². The van der Waals surface area contributed by atoms with Gasteiger partial charge in [0.2, 0.25) is 0 Å². The average Bonchev–Trinajstić information content (AvgIpc) is 2.72. The SMILES string of the molecule is COC(=O)/C(C(=O)Oc1ccc(C#N)cc1)=C(/C(=O)OC)c1ccc(C)cc1. The number of carbonyl (C=O) groups is 3. The van der Waals surface area contributed by atoms with Gasteiger partial charge in [0, 0.05) is 0 Å². The summed E-state index contributed by atoms with van der Waals surface area (Å²) in [7, 11) is 2.22. The molecule has 0 fully saturated rings. The highest BCUT2D eigenvalue weighted by atomic mass is 16.6. The standard InChI is InChI=1S/C21H17NO6/c1-13-4-8-15(9-5-13)17(19(23)26-2)18(20(24)27-3)21(25)28-16-10-6-14(12-22)7-11-16/h4-11H,1-3H3/b18-17-. The number of hydrogen-bond donors (Lipinski definition) is 0. The molecule has 2 aromatic carbocycles. The van der Waals surface area contributed by atoms with Gasteiger partial charge < -0.3 is 14.2 Å². The second-order valence-corrected chi connectivity index (χ2v) is 5.62. The Hall–Kier alpha value is -3.92. The van der Waals surface area contributed by atoms with Gasteiger partial charge in [-0.3, -0.25) is 0 Å². The molecule has 0 aliphatic rings. The van der Waals surface area contributed by atoms with E-state index in [1.807, 2.05) is 13.0 Å². The van der Waals surface area contributed by atoms with Crippen LogP contribution in [0.25, 0.3) is 5.57 Å². The van der Waals surface area contributed by atoms with E-state index in [1.54, 1.807) is 24.3 Å². The van der Waals surface area contributed by atoms with E-state index in [-0.39, 0.29) is 11.3 Å². The number of esters is 3. The zero-order valence-corrected chi connectivity index (χ0v) is 15.5. The Bertz CT molecular complexity index is 965. The topological polar surface area (TPSA) is 103 Å². The highest BCUT2D eigenvalue weighted by Gasteiger charge is 2.31. The molecule has 7 heteroatoms. The van der Waals surface area contributed by atoms with E-state index in [1.165, 1.54) is 24.3 Å². The fraction of sp³-hybridized carbons (Fsp3) is 0.143. The monoisotopic (exact) mass is 379 g/mol. The molecule has 0 spiro atoms. The molecule has 0 bridgehead atoms. The summed E-state index contributed by atoms with van der Waals surface area (Å²) in [6, 6.07) is 14.2. The lowest BCUT2D eigenvalue weighted by molar-refractivity contribution is -0.142. The Labute approximate surface area is 161 Å². The van der Waals surface area contributed by atoms with Crippen LogP contribution in [-0.2, 0) is 23.9 Å². The molecule has 2 rings (SSSR count). The van der Waals surface area contributed by atoms with Crippen LogP contribution in [0.2, 0.25) is 0 Å². The highest BCUT2D eigenvalue weighted by molar-refractivity contribution is 6.32. The van der Waals surface area contributed by atoms with Crippen LogP contribution in [0.15, 0.2) is 54.1 Å². The third-order valence-electron chi connectivity index (χ3n) is 3.77. The molecule has 142 valence electrons. The van der Waals surface area contributed by atoms with Gasteiger partial charge in [-0.05, 0) is 36.8 Å². The van der Waals surface area contributed by atoms with Crippen LogP contribution in [0.4, 0.5) is 0 Å². The molecule has 0 unspecified atom stereocenters. The molecule has 0 heterocycles. The number of hydrogen-bond acceptors (Lipinski definition) is 7. The largest absolute Gasteiger partial charge is 0.465 e. The number of methoxy groups -OCH3 is 2. The van der Waals surface area contributed by atoms with Gasteiger partial charge in [-0.25, -0.2) is 14.4 Å². The van der Waals surface area contributed by atoms with Crippen LogP contribution in [-0.4, -0.2) is 32.1 Å². The van der Waals surface area contributed by atoms with Crippen molar-refractivity contribution in [2.45, 2.75) is 6.92 Å². The van der Waals surface area contributed by atoms with E-state index in [0.717, 1.165) is 19.8 Å². The van der Waals surface area contributed by atoms with E-state index in [2.05, 4.69) is 4.74 Å². The fourth-order valence-corrected chi connectivity index (χ4v) is 2.33. The molecule has 2 aromatic rings. The number of nitrogens with zero attached hydrogens (tertiary/aromatic N) is 1. The minimum Gasteiger partial charge on any atom is -0.465 e. The average molecular weight is 379 g/mol. The predicted octanol–water partition coefficient (Wildman–Crippen LogP) is 2.57. The highest BCUT2D eigenvalue weighted by Crippen LogP contribution is 2.24. The van der Waals surface area contributed by atoms with Crippen LogP contribution < -0.4 is 4.74 Å². The molecule has 0 aliphatic heterocycles.